The van der Waals surface area contributed by atoms with Crippen molar-refractivity contribution in [3.63, 3.8) is 0 Å². The van der Waals surface area contributed by atoms with Gasteiger partial charge in [-0.1, -0.05) is 54.1 Å². The number of halogens is 1. The number of hydrogen-bond acceptors (Lipinski definition) is 3. The zero-order valence-corrected chi connectivity index (χ0v) is 14.5. The summed E-state index contributed by atoms with van der Waals surface area (Å²) in [5, 5.41) is 10.9. The Morgan fingerprint density at radius 3 is 2.67 bits per heavy atom. The number of aliphatic hydroxyl groups is 1. The van der Waals surface area contributed by atoms with Crippen LogP contribution < -0.4 is 4.74 Å². The second-order valence-electron chi connectivity index (χ2n) is 6.38. The first kappa shape index (κ1) is 17.3. The van der Waals surface area contributed by atoms with Crippen LogP contribution in [-0.4, -0.2) is 41.8 Å². The van der Waals surface area contributed by atoms with Crippen LogP contribution in [0.5, 0.6) is 5.75 Å². The molecule has 2 atom stereocenters. The number of aliphatic hydroxyl groups excluding tert-OH is 1. The molecule has 3 rings (SSSR count). The molecule has 2 aromatic rings. The summed E-state index contributed by atoms with van der Waals surface area (Å²) in [5.74, 6) is 0.625. The molecule has 1 saturated heterocycles. The highest BCUT2D eigenvalue weighted by Gasteiger charge is 2.26. The molecule has 24 heavy (non-hydrogen) atoms. The first-order valence-electron chi connectivity index (χ1n) is 8.56. The molecule has 2 unspecified atom stereocenters. The lowest BCUT2D eigenvalue weighted by Crippen LogP contribution is -2.39. The maximum atomic E-state index is 10.3. The second-order valence-corrected chi connectivity index (χ2v) is 6.78. The highest BCUT2D eigenvalue weighted by molar-refractivity contribution is 6.32. The third-order valence-electron chi connectivity index (χ3n) is 4.53. The topological polar surface area (TPSA) is 32.7 Å². The van der Waals surface area contributed by atoms with E-state index in [0.29, 0.717) is 23.4 Å². The van der Waals surface area contributed by atoms with E-state index in [0.717, 1.165) is 13.0 Å². The maximum absolute atomic E-state index is 10.3. The summed E-state index contributed by atoms with van der Waals surface area (Å²) in [4.78, 5) is 2.38. The van der Waals surface area contributed by atoms with Gasteiger partial charge in [0.1, 0.15) is 18.5 Å². The van der Waals surface area contributed by atoms with Gasteiger partial charge in [0.2, 0.25) is 0 Å². The number of rotatable bonds is 7. The number of para-hydroxylation sites is 1. The van der Waals surface area contributed by atoms with E-state index in [9.17, 15) is 5.11 Å². The van der Waals surface area contributed by atoms with E-state index in [2.05, 4.69) is 29.2 Å². The maximum Gasteiger partial charge on any atom is 0.138 e. The van der Waals surface area contributed by atoms with Crippen LogP contribution >= 0.6 is 11.6 Å². The molecule has 0 bridgehead atoms. The zero-order chi connectivity index (χ0) is 16.8. The third-order valence-corrected chi connectivity index (χ3v) is 4.84. The summed E-state index contributed by atoms with van der Waals surface area (Å²) in [6.45, 7) is 1.95. The Labute approximate surface area is 148 Å². The van der Waals surface area contributed by atoms with Crippen molar-refractivity contribution < 1.29 is 9.84 Å². The number of nitrogens with zero attached hydrogens (tertiary/aromatic N) is 1. The number of likely N-dealkylation sites (tertiary alicyclic amines) is 1. The number of ether oxygens (including phenoxy) is 1. The summed E-state index contributed by atoms with van der Waals surface area (Å²) in [5.41, 5.74) is 1.36. The van der Waals surface area contributed by atoms with Gasteiger partial charge in [-0.3, -0.25) is 4.90 Å². The van der Waals surface area contributed by atoms with E-state index in [-0.39, 0.29) is 6.61 Å². The van der Waals surface area contributed by atoms with Crippen LogP contribution in [0.15, 0.2) is 54.6 Å². The van der Waals surface area contributed by atoms with Crippen LogP contribution in [0.2, 0.25) is 5.02 Å². The molecular formula is C20H24ClNO2. The fourth-order valence-corrected chi connectivity index (χ4v) is 3.51. The minimum Gasteiger partial charge on any atom is -0.489 e. The smallest absolute Gasteiger partial charge is 0.138 e. The lowest BCUT2D eigenvalue weighted by molar-refractivity contribution is 0.0640. The first-order chi connectivity index (χ1) is 11.7. The van der Waals surface area contributed by atoms with Crippen molar-refractivity contribution in [3.8, 4) is 5.75 Å². The molecule has 3 nitrogen and oxygen atoms in total. The van der Waals surface area contributed by atoms with E-state index < -0.39 is 6.10 Å². The minimum atomic E-state index is -0.516. The second kappa shape index (κ2) is 8.52. The highest BCUT2D eigenvalue weighted by Crippen LogP contribution is 2.24. The van der Waals surface area contributed by atoms with Crippen molar-refractivity contribution >= 4 is 11.6 Å². The van der Waals surface area contributed by atoms with Gasteiger partial charge < -0.3 is 9.84 Å². The Morgan fingerprint density at radius 2 is 1.88 bits per heavy atom. The van der Waals surface area contributed by atoms with E-state index in [1.54, 1.807) is 6.07 Å². The largest absolute Gasteiger partial charge is 0.489 e. The van der Waals surface area contributed by atoms with E-state index >= 15 is 0 Å². The summed E-state index contributed by atoms with van der Waals surface area (Å²) in [6.07, 6.45) is 2.90. The van der Waals surface area contributed by atoms with Gasteiger partial charge in [0.05, 0.1) is 5.02 Å². The summed E-state index contributed by atoms with van der Waals surface area (Å²) < 4.78 is 5.65. The fraction of sp³-hybridized carbons (Fsp3) is 0.400. The molecule has 0 saturated carbocycles. The van der Waals surface area contributed by atoms with Gasteiger partial charge in [-0.2, -0.15) is 0 Å². The SMILES string of the molecule is OC(COc1ccccc1Cl)CN1CCCC1Cc1ccccc1. The summed E-state index contributed by atoms with van der Waals surface area (Å²) in [6, 6.07) is 18.4. The van der Waals surface area contributed by atoms with Gasteiger partial charge in [-0.05, 0) is 43.5 Å². The van der Waals surface area contributed by atoms with Gasteiger partial charge in [0.25, 0.3) is 0 Å². The average Bonchev–Trinajstić information content (AvgIpc) is 3.02. The Bertz CT molecular complexity index is 635. The Kier molecular flexibility index (Phi) is 6.13. The summed E-state index contributed by atoms with van der Waals surface area (Å²) >= 11 is 6.07. The molecule has 0 radical (unpaired) electrons. The van der Waals surface area contributed by atoms with Crippen molar-refractivity contribution in [3.05, 3.63) is 65.2 Å². The van der Waals surface area contributed by atoms with Crippen LogP contribution in [0.4, 0.5) is 0 Å². The third kappa shape index (κ3) is 4.73. The molecule has 0 amide bonds. The highest BCUT2D eigenvalue weighted by atomic mass is 35.5. The summed E-state index contributed by atoms with van der Waals surface area (Å²) in [7, 11) is 0. The monoisotopic (exact) mass is 345 g/mol. The zero-order valence-electron chi connectivity index (χ0n) is 13.8. The lowest BCUT2D eigenvalue weighted by Gasteiger charge is -2.27. The van der Waals surface area contributed by atoms with Gasteiger partial charge in [0.15, 0.2) is 0 Å². The van der Waals surface area contributed by atoms with Crippen molar-refractivity contribution in [1.29, 1.82) is 0 Å². The number of β-amino-alcohol motifs (C(OH)–C–C–N with tert-alkyl or cyclic N) is 1. The molecule has 0 aromatic heterocycles. The molecule has 1 heterocycles. The van der Waals surface area contributed by atoms with E-state index in [1.807, 2.05) is 24.3 Å². The molecule has 1 N–H and O–H groups in total. The van der Waals surface area contributed by atoms with Gasteiger partial charge in [0, 0.05) is 12.6 Å². The van der Waals surface area contributed by atoms with Crippen LogP contribution in [-0.2, 0) is 6.42 Å². The molecule has 1 aliphatic rings. The van der Waals surface area contributed by atoms with Crippen LogP contribution in [0.1, 0.15) is 18.4 Å². The molecule has 0 aliphatic carbocycles. The van der Waals surface area contributed by atoms with Crippen LogP contribution in [0.3, 0.4) is 0 Å². The quantitative estimate of drug-likeness (QED) is 0.828. The molecule has 1 fully saturated rings. The Balaban J connectivity index is 1.50. The predicted molar refractivity (Wildman–Crippen MR) is 97.7 cm³/mol. The first-order valence-corrected chi connectivity index (χ1v) is 8.93. The predicted octanol–water partition coefficient (Wildman–Crippen LogP) is 3.79. The van der Waals surface area contributed by atoms with E-state index in [4.69, 9.17) is 16.3 Å². The fourth-order valence-electron chi connectivity index (χ4n) is 3.32. The molecule has 1 aliphatic heterocycles. The average molecular weight is 346 g/mol. The van der Waals surface area contributed by atoms with Crippen molar-refractivity contribution in [1.82, 2.24) is 4.90 Å². The lowest BCUT2D eigenvalue weighted by atomic mass is 10.0. The number of hydrogen-bond donors (Lipinski definition) is 1. The molecular weight excluding hydrogens is 322 g/mol. The Morgan fingerprint density at radius 1 is 1.12 bits per heavy atom. The van der Waals surface area contributed by atoms with Crippen molar-refractivity contribution in [2.45, 2.75) is 31.4 Å². The molecule has 2 aromatic carbocycles. The van der Waals surface area contributed by atoms with Crippen molar-refractivity contribution in [2.24, 2.45) is 0 Å². The molecule has 128 valence electrons. The van der Waals surface area contributed by atoms with Gasteiger partial charge in [-0.15, -0.1) is 0 Å². The normalized spacial score (nSPS) is 19.3. The number of benzene rings is 2. The van der Waals surface area contributed by atoms with Crippen LogP contribution in [0, 0.1) is 0 Å². The standard InChI is InChI=1S/C20H24ClNO2/c21-19-10-4-5-11-20(19)24-15-18(23)14-22-12-6-9-17(22)13-16-7-2-1-3-8-16/h1-5,7-8,10-11,17-18,23H,6,9,12-15H2. The molecule has 0 spiro atoms. The molecule has 4 heteroatoms. The van der Waals surface area contributed by atoms with Gasteiger partial charge >= 0.3 is 0 Å². The Hall–Kier alpha value is -1.55. The van der Waals surface area contributed by atoms with Crippen LogP contribution in [0.25, 0.3) is 0 Å². The van der Waals surface area contributed by atoms with Gasteiger partial charge in [-0.25, -0.2) is 0 Å². The minimum absolute atomic E-state index is 0.262. The van der Waals surface area contributed by atoms with E-state index in [1.165, 1.54) is 18.4 Å². The van der Waals surface area contributed by atoms with Crippen molar-refractivity contribution in [2.75, 3.05) is 19.7 Å².